The Balaban J connectivity index is 2.52. The molecule has 0 aliphatic carbocycles. The summed E-state index contributed by atoms with van der Waals surface area (Å²) in [7, 11) is 2.53. The highest BCUT2D eigenvalue weighted by molar-refractivity contribution is 9.10. The zero-order valence-electron chi connectivity index (χ0n) is 10.7. The molecular formula is C13H10BrFN2O3. The summed E-state index contributed by atoms with van der Waals surface area (Å²) in [4.78, 5) is 37.1. The van der Waals surface area contributed by atoms with Gasteiger partial charge in [-0.05, 0) is 24.3 Å². The third-order valence-corrected chi connectivity index (χ3v) is 3.40. The Kier molecular flexibility index (Phi) is 3.71. The Bertz CT molecular complexity index is 631. The van der Waals surface area contributed by atoms with Crippen molar-refractivity contribution in [3.05, 3.63) is 39.6 Å². The lowest BCUT2D eigenvalue weighted by Crippen LogP contribution is -2.52. The van der Waals surface area contributed by atoms with E-state index in [4.69, 9.17) is 0 Å². The van der Waals surface area contributed by atoms with Gasteiger partial charge in [0.25, 0.3) is 11.8 Å². The molecule has 1 aromatic rings. The Labute approximate surface area is 122 Å². The number of halogens is 2. The maximum atomic E-state index is 13.7. The molecule has 1 heterocycles. The number of likely N-dealkylation sites (N-methyl/N-ethyl adjacent to an activating group) is 2. The van der Waals surface area contributed by atoms with Gasteiger partial charge in [0, 0.05) is 24.1 Å². The highest BCUT2D eigenvalue weighted by atomic mass is 79.9. The first-order chi connectivity index (χ1) is 9.32. The van der Waals surface area contributed by atoms with E-state index in [1.807, 2.05) is 0 Å². The SMILES string of the molecule is CN1C(=O)C(=Cc2cc(Br)ccc2F)C(=O)N(C)C1=O. The van der Waals surface area contributed by atoms with E-state index in [0.717, 1.165) is 15.9 Å². The molecular weight excluding hydrogens is 331 g/mol. The molecule has 0 atom stereocenters. The summed E-state index contributed by atoms with van der Waals surface area (Å²) >= 11 is 3.18. The van der Waals surface area contributed by atoms with Crippen molar-refractivity contribution in [2.24, 2.45) is 0 Å². The number of imide groups is 2. The largest absolute Gasteiger partial charge is 0.333 e. The van der Waals surface area contributed by atoms with Crippen LogP contribution in [0.25, 0.3) is 6.08 Å². The minimum absolute atomic E-state index is 0.0900. The average molecular weight is 341 g/mol. The molecule has 5 nitrogen and oxygen atoms in total. The van der Waals surface area contributed by atoms with Crippen LogP contribution in [0.15, 0.2) is 28.2 Å². The van der Waals surface area contributed by atoms with Crippen LogP contribution in [0, 0.1) is 5.82 Å². The molecule has 0 aromatic heterocycles. The van der Waals surface area contributed by atoms with Gasteiger partial charge in [0.15, 0.2) is 0 Å². The van der Waals surface area contributed by atoms with Crippen LogP contribution >= 0.6 is 15.9 Å². The van der Waals surface area contributed by atoms with Crippen molar-refractivity contribution < 1.29 is 18.8 Å². The fourth-order valence-corrected chi connectivity index (χ4v) is 2.13. The van der Waals surface area contributed by atoms with Crippen molar-refractivity contribution in [3.8, 4) is 0 Å². The lowest BCUT2D eigenvalue weighted by molar-refractivity contribution is -0.134. The van der Waals surface area contributed by atoms with Crippen LogP contribution in [-0.2, 0) is 9.59 Å². The number of barbiturate groups is 1. The van der Waals surface area contributed by atoms with Crippen LogP contribution < -0.4 is 0 Å². The Morgan fingerprint density at radius 3 is 2.20 bits per heavy atom. The normalized spacial score (nSPS) is 16.0. The van der Waals surface area contributed by atoms with Gasteiger partial charge in [-0.15, -0.1) is 0 Å². The Morgan fingerprint density at radius 1 is 1.10 bits per heavy atom. The summed E-state index contributed by atoms with van der Waals surface area (Å²) in [6, 6.07) is 3.45. The van der Waals surface area contributed by atoms with E-state index in [-0.39, 0.29) is 11.1 Å². The predicted molar refractivity (Wildman–Crippen MR) is 73.0 cm³/mol. The van der Waals surface area contributed by atoms with Gasteiger partial charge >= 0.3 is 6.03 Å². The van der Waals surface area contributed by atoms with Crippen LogP contribution in [0.1, 0.15) is 5.56 Å². The van der Waals surface area contributed by atoms with E-state index in [0.29, 0.717) is 4.47 Å². The number of nitrogens with zero attached hydrogens (tertiary/aromatic N) is 2. The zero-order valence-corrected chi connectivity index (χ0v) is 12.3. The molecule has 0 bridgehead atoms. The average Bonchev–Trinajstić information content (AvgIpc) is 2.43. The molecule has 7 heteroatoms. The van der Waals surface area contributed by atoms with Gasteiger partial charge < -0.3 is 0 Å². The summed E-state index contributed by atoms with van der Waals surface area (Å²) in [5, 5.41) is 0. The first kappa shape index (κ1) is 14.4. The molecule has 1 aliphatic heterocycles. The van der Waals surface area contributed by atoms with E-state index in [9.17, 15) is 18.8 Å². The Morgan fingerprint density at radius 2 is 1.65 bits per heavy atom. The highest BCUT2D eigenvalue weighted by Gasteiger charge is 2.37. The molecule has 1 saturated heterocycles. The number of carbonyl (C=O) groups is 3. The van der Waals surface area contributed by atoms with E-state index >= 15 is 0 Å². The molecule has 4 amide bonds. The molecule has 104 valence electrons. The molecule has 1 aromatic carbocycles. The lowest BCUT2D eigenvalue weighted by atomic mass is 10.1. The number of carbonyl (C=O) groups excluding carboxylic acids is 3. The zero-order chi connectivity index (χ0) is 15.0. The second-order valence-electron chi connectivity index (χ2n) is 4.23. The first-order valence-corrected chi connectivity index (χ1v) is 6.39. The van der Waals surface area contributed by atoms with Crippen molar-refractivity contribution >= 4 is 39.9 Å². The van der Waals surface area contributed by atoms with Gasteiger partial charge in [-0.1, -0.05) is 15.9 Å². The number of benzene rings is 1. The van der Waals surface area contributed by atoms with E-state index in [1.54, 1.807) is 0 Å². The van der Waals surface area contributed by atoms with Crippen LogP contribution in [0.2, 0.25) is 0 Å². The molecule has 1 fully saturated rings. The minimum atomic E-state index is -0.752. The predicted octanol–water partition coefficient (Wildman–Crippen LogP) is 2.02. The van der Waals surface area contributed by atoms with E-state index in [1.165, 1.54) is 32.3 Å². The number of urea groups is 1. The standard InChI is InChI=1S/C13H10BrFN2O3/c1-16-11(18)9(12(19)17(2)13(16)20)6-7-5-8(14)3-4-10(7)15/h3-6H,1-2H3. The van der Waals surface area contributed by atoms with Crippen molar-refractivity contribution in [2.45, 2.75) is 0 Å². The summed E-state index contributed by atoms with van der Waals surface area (Å²) in [5.74, 6) is -2.07. The molecule has 20 heavy (non-hydrogen) atoms. The number of hydrogen-bond donors (Lipinski definition) is 0. The van der Waals surface area contributed by atoms with Crippen molar-refractivity contribution in [1.29, 1.82) is 0 Å². The summed E-state index contributed by atoms with van der Waals surface area (Å²) in [6.45, 7) is 0. The Hall–Kier alpha value is -2.02. The number of hydrogen-bond acceptors (Lipinski definition) is 3. The van der Waals surface area contributed by atoms with Gasteiger partial charge in [-0.2, -0.15) is 0 Å². The number of rotatable bonds is 1. The van der Waals surface area contributed by atoms with Crippen LogP contribution in [0.3, 0.4) is 0 Å². The van der Waals surface area contributed by atoms with Gasteiger partial charge in [0.1, 0.15) is 11.4 Å². The summed E-state index contributed by atoms with van der Waals surface area (Å²) in [5.41, 5.74) is -0.168. The van der Waals surface area contributed by atoms with E-state index in [2.05, 4.69) is 15.9 Å². The third-order valence-electron chi connectivity index (χ3n) is 2.90. The van der Waals surface area contributed by atoms with Gasteiger partial charge in [-0.25, -0.2) is 9.18 Å². The molecule has 0 N–H and O–H groups in total. The monoisotopic (exact) mass is 340 g/mol. The minimum Gasteiger partial charge on any atom is -0.268 e. The van der Waals surface area contributed by atoms with Gasteiger partial charge in [0.05, 0.1) is 0 Å². The third kappa shape index (κ3) is 2.36. The molecule has 0 spiro atoms. The number of amides is 4. The summed E-state index contributed by atoms with van der Waals surface area (Å²) < 4.78 is 14.3. The van der Waals surface area contributed by atoms with Crippen LogP contribution in [0.5, 0.6) is 0 Å². The fourth-order valence-electron chi connectivity index (χ4n) is 1.76. The quantitative estimate of drug-likeness (QED) is 0.580. The van der Waals surface area contributed by atoms with E-state index < -0.39 is 23.7 Å². The molecule has 1 aliphatic rings. The fraction of sp³-hybridized carbons (Fsp3) is 0.154. The highest BCUT2D eigenvalue weighted by Crippen LogP contribution is 2.21. The van der Waals surface area contributed by atoms with Crippen LogP contribution in [0.4, 0.5) is 9.18 Å². The van der Waals surface area contributed by atoms with Crippen molar-refractivity contribution in [2.75, 3.05) is 14.1 Å². The maximum Gasteiger partial charge on any atom is 0.333 e. The van der Waals surface area contributed by atoms with Crippen molar-refractivity contribution in [1.82, 2.24) is 9.80 Å². The molecule has 0 radical (unpaired) electrons. The molecule has 2 rings (SSSR count). The first-order valence-electron chi connectivity index (χ1n) is 5.59. The van der Waals surface area contributed by atoms with Gasteiger partial charge in [-0.3, -0.25) is 19.4 Å². The smallest absolute Gasteiger partial charge is 0.268 e. The molecule has 0 saturated carbocycles. The topological polar surface area (TPSA) is 57.7 Å². The molecule has 0 unspecified atom stereocenters. The second kappa shape index (κ2) is 5.16. The second-order valence-corrected chi connectivity index (χ2v) is 5.15. The maximum absolute atomic E-state index is 13.7. The van der Waals surface area contributed by atoms with Gasteiger partial charge in [0.2, 0.25) is 0 Å². The van der Waals surface area contributed by atoms with Crippen LogP contribution in [-0.4, -0.2) is 41.7 Å². The summed E-state index contributed by atoms with van der Waals surface area (Å²) in [6.07, 6.45) is 1.14. The van der Waals surface area contributed by atoms with Crippen molar-refractivity contribution in [3.63, 3.8) is 0 Å². The lowest BCUT2D eigenvalue weighted by Gasteiger charge is -2.28.